The first-order valence-corrected chi connectivity index (χ1v) is 6.46. The van der Waals surface area contributed by atoms with E-state index in [0.717, 1.165) is 12.8 Å². The molecule has 0 spiro atoms. The summed E-state index contributed by atoms with van der Waals surface area (Å²) in [6.45, 7) is 3.75. The average Bonchev–Trinajstić information content (AvgIpc) is 2.30. The molecule has 0 aliphatic carbocycles. The normalized spacial score (nSPS) is 14.7. The molecule has 0 amide bonds. The minimum Gasteiger partial charge on any atom is -0.396 e. The number of halogens is 3. The van der Waals surface area contributed by atoms with Crippen molar-refractivity contribution in [2.75, 3.05) is 6.61 Å². The zero-order valence-electron chi connectivity index (χ0n) is 10.1. The van der Waals surface area contributed by atoms with E-state index < -0.39 is 17.0 Å². The molecule has 0 aliphatic heterocycles. The molecule has 0 heterocycles. The molecule has 1 unspecified atom stereocenters. The Morgan fingerprint density at radius 1 is 1.35 bits per heavy atom. The summed E-state index contributed by atoms with van der Waals surface area (Å²) in [7, 11) is 0. The number of hydrogen-bond donors (Lipinski definition) is 1. The smallest absolute Gasteiger partial charge is 0.143 e. The van der Waals surface area contributed by atoms with E-state index in [1.807, 2.05) is 13.8 Å². The fourth-order valence-corrected chi connectivity index (χ4v) is 2.36. The third kappa shape index (κ3) is 3.49. The molecule has 1 nitrogen and oxygen atoms in total. The molecule has 0 saturated heterocycles. The lowest BCUT2D eigenvalue weighted by atomic mass is 9.80. The van der Waals surface area contributed by atoms with Crippen LogP contribution in [0.4, 0.5) is 8.78 Å². The van der Waals surface area contributed by atoms with Crippen LogP contribution in [0.3, 0.4) is 0 Å². The molecule has 0 saturated carbocycles. The predicted octanol–water partition coefficient (Wildman–Crippen LogP) is 4.07. The highest BCUT2D eigenvalue weighted by Gasteiger charge is 2.26. The number of aliphatic hydroxyl groups is 1. The fraction of sp³-hybridized carbons (Fsp3) is 0.538. The van der Waals surface area contributed by atoms with Crippen LogP contribution in [0.2, 0.25) is 0 Å². The van der Waals surface area contributed by atoms with Crippen LogP contribution in [0.1, 0.15) is 32.3 Å². The van der Waals surface area contributed by atoms with Gasteiger partial charge in [-0.25, -0.2) is 8.78 Å². The maximum absolute atomic E-state index is 13.8. The minimum absolute atomic E-state index is 0.0457. The first-order valence-electron chi connectivity index (χ1n) is 5.67. The second-order valence-corrected chi connectivity index (χ2v) is 5.57. The highest BCUT2D eigenvalue weighted by molar-refractivity contribution is 9.10. The number of hydrogen-bond acceptors (Lipinski definition) is 1. The Hall–Kier alpha value is -0.480. The van der Waals surface area contributed by atoms with Gasteiger partial charge < -0.3 is 5.11 Å². The zero-order valence-corrected chi connectivity index (χ0v) is 11.7. The Labute approximate surface area is 109 Å². The Morgan fingerprint density at radius 2 is 2.00 bits per heavy atom. The standard InChI is InChI=1S/C13H17BrF2O/c1-3-6-13(2,8-17)7-9-11(15)5-4-10(14)12(9)16/h4-5,17H,3,6-8H2,1-2H3. The first kappa shape index (κ1) is 14.6. The average molecular weight is 307 g/mol. The van der Waals surface area contributed by atoms with E-state index >= 15 is 0 Å². The van der Waals surface area contributed by atoms with E-state index in [-0.39, 0.29) is 23.1 Å². The van der Waals surface area contributed by atoms with Gasteiger partial charge in [-0.2, -0.15) is 0 Å². The van der Waals surface area contributed by atoms with Gasteiger partial charge >= 0.3 is 0 Å². The quantitative estimate of drug-likeness (QED) is 0.813. The molecule has 96 valence electrons. The van der Waals surface area contributed by atoms with Gasteiger partial charge in [0.2, 0.25) is 0 Å². The highest BCUT2D eigenvalue weighted by Crippen LogP contribution is 2.31. The molecule has 0 aromatic heterocycles. The molecule has 4 heteroatoms. The molecule has 17 heavy (non-hydrogen) atoms. The van der Waals surface area contributed by atoms with Gasteiger partial charge in [0.25, 0.3) is 0 Å². The van der Waals surface area contributed by atoms with Crippen LogP contribution < -0.4 is 0 Å². The summed E-state index contributed by atoms with van der Waals surface area (Å²) in [5.74, 6) is -1.12. The van der Waals surface area contributed by atoms with Gasteiger partial charge in [-0.05, 0) is 46.3 Å². The number of aliphatic hydroxyl groups excluding tert-OH is 1. The van der Waals surface area contributed by atoms with Crippen molar-refractivity contribution < 1.29 is 13.9 Å². The number of rotatable bonds is 5. The van der Waals surface area contributed by atoms with Crippen LogP contribution in [0, 0.1) is 17.0 Å². The lowest BCUT2D eigenvalue weighted by Gasteiger charge is -2.27. The van der Waals surface area contributed by atoms with Crippen molar-refractivity contribution >= 4 is 15.9 Å². The summed E-state index contributed by atoms with van der Waals surface area (Å²) in [4.78, 5) is 0. The summed E-state index contributed by atoms with van der Waals surface area (Å²) in [6, 6.07) is 2.59. The van der Waals surface area contributed by atoms with Gasteiger partial charge in [0.1, 0.15) is 11.6 Å². The maximum atomic E-state index is 13.8. The van der Waals surface area contributed by atoms with E-state index in [0.29, 0.717) is 0 Å². The zero-order chi connectivity index (χ0) is 13.1. The Kier molecular flexibility index (Phi) is 5.07. The predicted molar refractivity (Wildman–Crippen MR) is 67.9 cm³/mol. The molecule has 0 fully saturated rings. The van der Waals surface area contributed by atoms with Crippen molar-refractivity contribution in [1.82, 2.24) is 0 Å². The molecular weight excluding hydrogens is 290 g/mol. The molecule has 1 aromatic carbocycles. The molecule has 1 rings (SSSR count). The van der Waals surface area contributed by atoms with E-state index in [1.165, 1.54) is 12.1 Å². The van der Waals surface area contributed by atoms with Crippen LogP contribution in [0.25, 0.3) is 0 Å². The fourth-order valence-electron chi connectivity index (χ4n) is 1.98. The number of benzene rings is 1. The summed E-state index contributed by atoms with van der Waals surface area (Å²) < 4.78 is 27.7. The second-order valence-electron chi connectivity index (χ2n) is 4.72. The van der Waals surface area contributed by atoms with Crippen molar-refractivity contribution in [3.8, 4) is 0 Å². The monoisotopic (exact) mass is 306 g/mol. The molecule has 0 radical (unpaired) electrons. The first-order chi connectivity index (χ1) is 7.93. The largest absolute Gasteiger partial charge is 0.396 e. The van der Waals surface area contributed by atoms with Crippen LogP contribution >= 0.6 is 15.9 Å². The van der Waals surface area contributed by atoms with Crippen LogP contribution in [0.5, 0.6) is 0 Å². The third-order valence-electron chi connectivity index (χ3n) is 2.98. The molecule has 1 atom stereocenters. The van der Waals surface area contributed by atoms with E-state index in [9.17, 15) is 13.9 Å². The lowest BCUT2D eigenvalue weighted by Crippen LogP contribution is -2.25. The third-order valence-corrected chi connectivity index (χ3v) is 3.59. The molecule has 0 aliphatic rings. The summed E-state index contributed by atoms with van der Waals surface area (Å²) in [5.41, 5.74) is -0.429. The molecule has 0 bridgehead atoms. The Morgan fingerprint density at radius 3 is 2.53 bits per heavy atom. The van der Waals surface area contributed by atoms with Crippen molar-refractivity contribution in [3.05, 3.63) is 33.8 Å². The molecule has 1 N–H and O–H groups in total. The van der Waals surface area contributed by atoms with Crippen LogP contribution in [-0.2, 0) is 6.42 Å². The van der Waals surface area contributed by atoms with Crippen LogP contribution in [-0.4, -0.2) is 11.7 Å². The van der Waals surface area contributed by atoms with E-state index in [4.69, 9.17) is 0 Å². The van der Waals surface area contributed by atoms with Gasteiger partial charge in [-0.3, -0.25) is 0 Å². The van der Waals surface area contributed by atoms with Crippen molar-refractivity contribution in [3.63, 3.8) is 0 Å². The summed E-state index contributed by atoms with van der Waals surface area (Å²) >= 11 is 3.04. The Bertz CT molecular complexity index is 395. The van der Waals surface area contributed by atoms with Crippen molar-refractivity contribution in [1.29, 1.82) is 0 Å². The van der Waals surface area contributed by atoms with Gasteiger partial charge in [0.15, 0.2) is 0 Å². The summed E-state index contributed by atoms with van der Waals surface area (Å²) in [5, 5.41) is 9.37. The topological polar surface area (TPSA) is 20.2 Å². The highest BCUT2D eigenvalue weighted by atomic mass is 79.9. The van der Waals surface area contributed by atoms with Crippen molar-refractivity contribution in [2.45, 2.75) is 33.1 Å². The van der Waals surface area contributed by atoms with Gasteiger partial charge in [-0.1, -0.05) is 20.3 Å². The van der Waals surface area contributed by atoms with Crippen molar-refractivity contribution in [2.24, 2.45) is 5.41 Å². The molecular formula is C13H17BrF2O. The Balaban J connectivity index is 3.05. The van der Waals surface area contributed by atoms with Gasteiger partial charge in [-0.15, -0.1) is 0 Å². The van der Waals surface area contributed by atoms with Gasteiger partial charge in [0.05, 0.1) is 4.47 Å². The SMILES string of the molecule is CCCC(C)(CO)Cc1c(F)ccc(Br)c1F. The van der Waals surface area contributed by atoms with E-state index in [2.05, 4.69) is 15.9 Å². The molecule has 1 aromatic rings. The minimum atomic E-state index is -0.569. The lowest BCUT2D eigenvalue weighted by molar-refractivity contribution is 0.129. The van der Waals surface area contributed by atoms with E-state index in [1.54, 1.807) is 0 Å². The van der Waals surface area contributed by atoms with Crippen LogP contribution in [0.15, 0.2) is 16.6 Å². The maximum Gasteiger partial charge on any atom is 0.143 e. The van der Waals surface area contributed by atoms with Gasteiger partial charge in [0, 0.05) is 12.2 Å². The second kappa shape index (κ2) is 5.91. The summed E-state index contributed by atoms with van der Waals surface area (Å²) in [6.07, 6.45) is 1.80.